The highest BCUT2D eigenvalue weighted by molar-refractivity contribution is 6.30. The van der Waals surface area contributed by atoms with Gasteiger partial charge in [0.15, 0.2) is 0 Å². The number of carbonyl (C=O) groups is 1. The van der Waals surface area contributed by atoms with Gasteiger partial charge in [-0.2, -0.15) is 0 Å². The molecule has 0 saturated heterocycles. The number of carbonyl (C=O) groups excluding carboxylic acids is 1. The van der Waals surface area contributed by atoms with Crippen molar-refractivity contribution in [3.63, 3.8) is 0 Å². The molecule has 0 aliphatic heterocycles. The van der Waals surface area contributed by atoms with Gasteiger partial charge in [0.25, 0.3) is 0 Å². The van der Waals surface area contributed by atoms with Crippen LogP contribution in [0.25, 0.3) is 0 Å². The number of hydrogen-bond donors (Lipinski definition) is 0. The van der Waals surface area contributed by atoms with E-state index in [-0.39, 0.29) is 0 Å². The first-order chi connectivity index (χ1) is 6.43. The van der Waals surface area contributed by atoms with Crippen molar-refractivity contribution in [3.05, 3.63) is 34.4 Å². The van der Waals surface area contributed by atoms with E-state index in [1.807, 2.05) is 0 Å². The van der Waals surface area contributed by atoms with Crippen molar-refractivity contribution < 1.29 is 22.4 Å². The zero-order chi connectivity index (χ0) is 10.9. The summed E-state index contributed by atoms with van der Waals surface area (Å²) in [5.41, 5.74) is -0.998. The maximum atomic E-state index is 12.8. The molecule has 1 nitrogen and oxygen atoms in total. The largest absolute Gasteiger partial charge is 0.300 e. The van der Waals surface area contributed by atoms with E-state index in [1.54, 1.807) is 0 Å². The molecule has 6 heteroatoms. The lowest BCUT2D eigenvalue weighted by Crippen LogP contribution is -2.12. The number of rotatable bonds is 2. The Hall–Kier alpha value is -1.10. The molecule has 0 amide bonds. The Kier molecular flexibility index (Phi) is 3.10. The highest BCUT2D eigenvalue weighted by atomic mass is 35.5. The molecule has 0 N–H and O–H groups in total. The summed E-state index contributed by atoms with van der Waals surface area (Å²) >= 11 is 5.16. The van der Waals surface area contributed by atoms with Crippen molar-refractivity contribution in [1.29, 1.82) is 0 Å². The van der Waals surface area contributed by atoms with E-state index in [2.05, 4.69) is 0 Å². The van der Waals surface area contributed by atoms with E-state index < -0.39 is 34.4 Å². The van der Waals surface area contributed by atoms with E-state index in [9.17, 15) is 22.4 Å². The number of Topliss-reactive ketones (excluding diaryl/α,β-unsaturated/α-hetero) is 1. The van der Waals surface area contributed by atoms with Crippen LogP contribution in [0.3, 0.4) is 0 Å². The molecule has 1 aromatic rings. The molecule has 0 heterocycles. The number of alkyl halides is 2. The summed E-state index contributed by atoms with van der Waals surface area (Å²) in [4.78, 5) is 10.6. The smallest absolute Gasteiger partial charge is 0.288 e. The quantitative estimate of drug-likeness (QED) is 0.430. The molecule has 0 spiro atoms. The van der Waals surface area contributed by atoms with Gasteiger partial charge in [0, 0.05) is 0 Å². The van der Waals surface area contributed by atoms with Gasteiger partial charge < -0.3 is 0 Å². The molecular formula is C8H3ClF4O. The zero-order valence-corrected chi connectivity index (χ0v) is 7.29. The fraction of sp³-hybridized carbons (Fsp3) is 0.125. The lowest BCUT2D eigenvalue weighted by molar-refractivity contribution is 0.0673. The average Bonchev–Trinajstić information content (AvgIpc) is 2.10. The Morgan fingerprint density at radius 2 is 1.79 bits per heavy atom. The second-order valence-corrected chi connectivity index (χ2v) is 2.82. The Bertz CT molecular complexity index is 378. The maximum absolute atomic E-state index is 12.8. The van der Waals surface area contributed by atoms with Gasteiger partial charge in [0.2, 0.25) is 5.78 Å². The van der Waals surface area contributed by atoms with Crippen molar-refractivity contribution >= 4 is 17.4 Å². The molecule has 14 heavy (non-hydrogen) atoms. The molecule has 0 atom stereocenters. The standard InChI is InChI=1S/C8H3ClF4O/c9-4-2-5(10)3(1-6(4)11)7(14)8(12)13/h1-2,8H. The summed E-state index contributed by atoms with van der Waals surface area (Å²) in [6, 6.07) is 0.832. The SMILES string of the molecule is O=C(c1cc(F)c(Cl)cc1F)C(F)F. The molecular weight excluding hydrogens is 224 g/mol. The van der Waals surface area contributed by atoms with Crippen LogP contribution >= 0.6 is 11.6 Å². The summed E-state index contributed by atoms with van der Waals surface area (Å²) in [6.07, 6.45) is -3.37. The van der Waals surface area contributed by atoms with E-state index in [4.69, 9.17) is 11.6 Å². The van der Waals surface area contributed by atoms with Crippen molar-refractivity contribution in [2.45, 2.75) is 6.43 Å². The summed E-state index contributed by atoms with van der Waals surface area (Å²) in [6.45, 7) is 0. The van der Waals surface area contributed by atoms with Gasteiger partial charge in [-0.05, 0) is 12.1 Å². The van der Waals surface area contributed by atoms with Crippen LogP contribution < -0.4 is 0 Å². The molecule has 1 rings (SSSR count). The predicted octanol–water partition coefficient (Wildman–Crippen LogP) is 3.07. The first-order valence-electron chi connectivity index (χ1n) is 3.40. The van der Waals surface area contributed by atoms with E-state index >= 15 is 0 Å². The van der Waals surface area contributed by atoms with E-state index in [1.165, 1.54) is 0 Å². The molecule has 0 unspecified atom stereocenters. The van der Waals surface area contributed by atoms with E-state index in [0.29, 0.717) is 12.1 Å². The Morgan fingerprint density at radius 1 is 1.21 bits per heavy atom. The lowest BCUT2D eigenvalue weighted by atomic mass is 10.1. The van der Waals surface area contributed by atoms with Crippen LogP contribution in [0.2, 0.25) is 5.02 Å². The number of hydrogen-bond acceptors (Lipinski definition) is 1. The summed E-state index contributed by atoms with van der Waals surface area (Å²) < 4.78 is 49.2. The van der Waals surface area contributed by atoms with Gasteiger partial charge in [-0.25, -0.2) is 17.6 Å². The first kappa shape index (κ1) is 11.0. The molecule has 1 aromatic carbocycles. The molecule has 0 bridgehead atoms. The molecule has 0 saturated carbocycles. The molecule has 0 radical (unpaired) electrons. The third kappa shape index (κ3) is 2.04. The fourth-order valence-corrected chi connectivity index (χ4v) is 0.979. The van der Waals surface area contributed by atoms with Crippen molar-refractivity contribution in [3.8, 4) is 0 Å². The second kappa shape index (κ2) is 3.96. The zero-order valence-electron chi connectivity index (χ0n) is 6.53. The van der Waals surface area contributed by atoms with Gasteiger partial charge in [-0.3, -0.25) is 4.79 Å². The van der Waals surface area contributed by atoms with Crippen molar-refractivity contribution in [2.24, 2.45) is 0 Å². The van der Waals surface area contributed by atoms with Crippen LogP contribution in [-0.4, -0.2) is 12.2 Å². The number of benzene rings is 1. The molecule has 0 aliphatic carbocycles. The minimum atomic E-state index is -3.37. The Morgan fingerprint density at radius 3 is 2.29 bits per heavy atom. The summed E-state index contributed by atoms with van der Waals surface area (Å²) in [5, 5.41) is -0.562. The van der Waals surface area contributed by atoms with Crippen molar-refractivity contribution in [2.75, 3.05) is 0 Å². The monoisotopic (exact) mass is 226 g/mol. The van der Waals surface area contributed by atoms with Crippen LogP contribution in [0, 0.1) is 11.6 Å². The van der Waals surface area contributed by atoms with E-state index in [0.717, 1.165) is 0 Å². The third-order valence-electron chi connectivity index (χ3n) is 1.47. The van der Waals surface area contributed by atoms with Crippen LogP contribution in [-0.2, 0) is 0 Å². The lowest BCUT2D eigenvalue weighted by Gasteiger charge is -2.02. The minimum Gasteiger partial charge on any atom is -0.288 e. The van der Waals surface area contributed by atoms with Gasteiger partial charge in [0.1, 0.15) is 11.6 Å². The van der Waals surface area contributed by atoms with Crippen LogP contribution in [0.1, 0.15) is 10.4 Å². The van der Waals surface area contributed by atoms with Crippen LogP contribution in [0.4, 0.5) is 17.6 Å². The predicted molar refractivity (Wildman–Crippen MR) is 41.7 cm³/mol. The Labute approximate surface area is 81.3 Å². The normalized spacial score (nSPS) is 10.7. The highest BCUT2D eigenvalue weighted by Gasteiger charge is 2.22. The molecule has 0 aliphatic rings. The maximum Gasteiger partial charge on any atom is 0.300 e. The number of halogens is 5. The summed E-state index contributed by atoms with van der Waals surface area (Å²) in [5.74, 6) is -4.14. The number of ketones is 1. The average molecular weight is 227 g/mol. The first-order valence-corrected chi connectivity index (χ1v) is 3.78. The van der Waals surface area contributed by atoms with Gasteiger partial charge >= 0.3 is 6.43 Å². The minimum absolute atomic E-state index is 0.353. The highest BCUT2D eigenvalue weighted by Crippen LogP contribution is 2.21. The van der Waals surface area contributed by atoms with Crippen LogP contribution in [0.15, 0.2) is 12.1 Å². The second-order valence-electron chi connectivity index (χ2n) is 2.41. The third-order valence-corrected chi connectivity index (χ3v) is 1.76. The summed E-state index contributed by atoms with van der Waals surface area (Å²) in [7, 11) is 0. The van der Waals surface area contributed by atoms with Gasteiger partial charge in [-0.15, -0.1) is 0 Å². The fourth-order valence-electron chi connectivity index (χ4n) is 0.829. The topological polar surface area (TPSA) is 17.1 Å². The molecule has 76 valence electrons. The molecule has 0 aromatic heterocycles. The molecule has 0 fully saturated rings. The van der Waals surface area contributed by atoms with Gasteiger partial charge in [-0.1, -0.05) is 11.6 Å². The van der Waals surface area contributed by atoms with Gasteiger partial charge in [0.05, 0.1) is 10.6 Å². The van der Waals surface area contributed by atoms with Crippen molar-refractivity contribution in [1.82, 2.24) is 0 Å². The Balaban J connectivity index is 3.22. The van der Waals surface area contributed by atoms with Crippen LogP contribution in [0.5, 0.6) is 0 Å².